The van der Waals surface area contributed by atoms with E-state index in [-0.39, 0.29) is 0 Å². The van der Waals surface area contributed by atoms with Crippen molar-refractivity contribution in [2.24, 2.45) is 0 Å². The average molecular weight is 280 g/mol. The number of aryl methyl sites for hydroxylation is 1. The number of nitrogen functional groups attached to an aromatic ring is 1. The highest BCUT2D eigenvalue weighted by molar-refractivity contribution is 6.01. The second kappa shape index (κ2) is 4.44. The van der Waals surface area contributed by atoms with Crippen molar-refractivity contribution >= 4 is 22.1 Å². The Morgan fingerprint density at radius 1 is 1.19 bits per heavy atom. The summed E-state index contributed by atoms with van der Waals surface area (Å²) in [6.07, 6.45) is 3.65. The fourth-order valence-electron chi connectivity index (χ4n) is 2.90. The molecule has 0 spiro atoms. The van der Waals surface area contributed by atoms with E-state index in [0.29, 0.717) is 0 Å². The number of benzene rings is 1. The third-order valence-corrected chi connectivity index (χ3v) is 4.03. The molecule has 0 unspecified atom stereocenters. The van der Waals surface area contributed by atoms with Crippen LogP contribution in [0.2, 0.25) is 0 Å². The average Bonchev–Trinajstić information content (AvgIpc) is 2.95. The summed E-state index contributed by atoms with van der Waals surface area (Å²) in [6.45, 7) is 4.60. The first-order valence-corrected chi connectivity index (χ1v) is 6.99. The lowest BCUT2D eigenvalue weighted by Gasteiger charge is -2.30. The van der Waals surface area contributed by atoms with E-state index < -0.39 is 0 Å². The Morgan fingerprint density at radius 2 is 2.10 bits per heavy atom. The van der Waals surface area contributed by atoms with Crippen LogP contribution in [0.15, 0.2) is 30.7 Å². The molecule has 0 fully saturated rings. The van der Waals surface area contributed by atoms with E-state index in [4.69, 9.17) is 5.73 Å². The number of fused-ring (bicyclic) bond motifs is 2. The molecule has 21 heavy (non-hydrogen) atoms. The van der Waals surface area contributed by atoms with Gasteiger partial charge < -0.3 is 15.2 Å². The van der Waals surface area contributed by atoms with Crippen LogP contribution >= 0.6 is 0 Å². The minimum absolute atomic E-state index is 0.764. The van der Waals surface area contributed by atoms with Gasteiger partial charge in [-0.05, 0) is 25.1 Å². The monoisotopic (exact) mass is 280 g/mol. The molecule has 0 bridgehead atoms. The van der Waals surface area contributed by atoms with Crippen LogP contribution < -0.4 is 10.6 Å². The summed E-state index contributed by atoms with van der Waals surface area (Å²) in [5.41, 5.74) is 9.02. The number of pyridine rings is 1. The molecule has 0 amide bonds. The molecular weight excluding hydrogens is 264 g/mol. The molecule has 0 saturated heterocycles. The molecule has 0 saturated carbocycles. The van der Waals surface area contributed by atoms with Gasteiger partial charge >= 0.3 is 0 Å². The van der Waals surface area contributed by atoms with Gasteiger partial charge in [-0.2, -0.15) is 0 Å². The van der Waals surface area contributed by atoms with E-state index in [1.54, 1.807) is 6.33 Å². The lowest BCUT2D eigenvalue weighted by atomic mass is 10.1. The molecule has 4 rings (SSSR count). The summed E-state index contributed by atoms with van der Waals surface area (Å²) in [6, 6.07) is 6.14. The maximum absolute atomic E-state index is 6.08. The van der Waals surface area contributed by atoms with Crippen molar-refractivity contribution in [1.82, 2.24) is 19.7 Å². The van der Waals surface area contributed by atoms with Gasteiger partial charge in [0.1, 0.15) is 6.33 Å². The summed E-state index contributed by atoms with van der Waals surface area (Å²) in [5.74, 6) is 0.997. The highest BCUT2D eigenvalue weighted by Gasteiger charge is 2.19. The van der Waals surface area contributed by atoms with E-state index >= 15 is 0 Å². The maximum Gasteiger partial charge on any atom is 0.152 e. The third-order valence-electron chi connectivity index (χ3n) is 4.03. The molecular formula is C15H16N6. The quantitative estimate of drug-likeness (QED) is 0.687. The highest BCUT2D eigenvalue weighted by atomic mass is 15.3. The van der Waals surface area contributed by atoms with Gasteiger partial charge in [-0.15, -0.1) is 10.2 Å². The first-order valence-electron chi connectivity index (χ1n) is 6.99. The summed E-state index contributed by atoms with van der Waals surface area (Å²) < 4.78 is 2.10. The fraction of sp³-hybridized carbons (Fsp3) is 0.267. The molecule has 0 radical (unpaired) electrons. The van der Waals surface area contributed by atoms with E-state index in [0.717, 1.165) is 47.6 Å². The molecule has 6 heteroatoms. The molecule has 3 aromatic rings. The largest absolute Gasteiger partial charge is 0.398 e. The number of nitrogens with zero attached hydrogens (tertiary/aromatic N) is 5. The zero-order chi connectivity index (χ0) is 14.4. The van der Waals surface area contributed by atoms with Crippen LogP contribution in [0.4, 0.5) is 11.4 Å². The topological polar surface area (TPSA) is 72.9 Å². The first kappa shape index (κ1) is 12.1. The molecule has 3 heterocycles. The van der Waals surface area contributed by atoms with Crippen LogP contribution in [0.25, 0.3) is 10.8 Å². The zero-order valence-corrected chi connectivity index (χ0v) is 11.8. The molecule has 106 valence electrons. The Labute approximate surface area is 122 Å². The van der Waals surface area contributed by atoms with Gasteiger partial charge in [-0.1, -0.05) is 0 Å². The summed E-state index contributed by atoms with van der Waals surface area (Å²) >= 11 is 0. The minimum Gasteiger partial charge on any atom is -0.398 e. The predicted octanol–water partition coefficient (Wildman–Crippen LogP) is 1.74. The second-order valence-corrected chi connectivity index (χ2v) is 5.41. The number of hydrogen-bond acceptors (Lipinski definition) is 5. The first-order chi connectivity index (χ1) is 10.2. The van der Waals surface area contributed by atoms with E-state index in [9.17, 15) is 0 Å². The molecule has 0 atom stereocenters. The number of hydrogen-bond donors (Lipinski definition) is 1. The fourth-order valence-corrected chi connectivity index (χ4v) is 2.90. The van der Waals surface area contributed by atoms with Crippen molar-refractivity contribution in [2.45, 2.75) is 20.0 Å². The summed E-state index contributed by atoms with van der Waals surface area (Å²) in [7, 11) is 0. The third kappa shape index (κ3) is 1.91. The summed E-state index contributed by atoms with van der Waals surface area (Å²) in [4.78, 5) is 6.68. The Bertz CT molecular complexity index is 822. The van der Waals surface area contributed by atoms with E-state index in [1.165, 1.54) is 5.69 Å². The van der Waals surface area contributed by atoms with Crippen LogP contribution in [0.1, 0.15) is 11.5 Å². The van der Waals surface area contributed by atoms with Crippen LogP contribution in [-0.2, 0) is 13.1 Å². The molecule has 1 aromatic carbocycles. The normalized spacial score (nSPS) is 14.4. The van der Waals surface area contributed by atoms with Crippen LogP contribution in [-0.4, -0.2) is 26.3 Å². The number of rotatable bonds is 1. The Hall–Kier alpha value is -2.63. The van der Waals surface area contributed by atoms with Crippen molar-refractivity contribution in [1.29, 1.82) is 0 Å². The molecule has 0 aliphatic carbocycles. The van der Waals surface area contributed by atoms with E-state index in [2.05, 4.69) is 36.8 Å². The van der Waals surface area contributed by atoms with Gasteiger partial charge in [0.25, 0.3) is 0 Å². The van der Waals surface area contributed by atoms with Gasteiger partial charge in [-0.3, -0.25) is 4.98 Å². The Morgan fingerprint density at radius 3 is 3.00 bits per heavy atom. The zero-order valence-electron chi connectivity index (χ0n) is 11.8. The standard InChI is InChI=1S/C15H16N6/c1-10-6-11-12(7-17-10)13(16)2-3-14(11)20-4-5-21-9-18-19-15(21)8-20/h2-3,6-7,9H,4-5,8,16H2,1H3. The van der Waals surface area contributed by atoms with Crippen LogP contribution in [0.3, 0.4) is 0 Å². The van der Waals surface area contributed by atoms with E-state index in [1.807, 2.05) is 19.2 Å². The van der Waals surface area contributed by atoms with Gasteiger partial charge in [0.05, 0.1) is 6.54 Å². The van der Waals surface area contributed by atoms with Gasteiger partial charge in [-0.25, -0.2) is 0 Å². The highest BCUT2D eigenvalue weighted by Crippen LogP contribution is 2.32. The maximum atomic E-state index is 6.08. The molecule has 2 N–H and O–H groups in total. The minimum atomic E-state index is 0.764. The molecule has 1 aliphatic rings. The van der Waals surface area contributed by atoms with Crippen molar-refractivity contribution in [2.75, 3.05) is 17.2 Å². The SMILES string of the molecule is Cc1cc2c(N3CCn4cnnc4C3)ccc(N)c2cn1. The number of nitrogens with two attached hydrogens (primary N) is 1. The summed E-state index contributed by atoms with van der Waals surface area (Å²) in [5, 5.41) is 10.3. The van der Waals surface area contributed by atoms with Crippen LogP contribution in [0, 0.1) is 6.92 Å². The van der Waals surface area contributed by atoms with Gasteiger partial charge in [0.2, 0.25) is 0 Å². The van der Waals surface area contributed by atoms with Crippen molar-refractivity contribution in [3.63, 3.8) is 0 Å². The Balaban J connectivity index is 1.84. The smallest absolute Gasteiger partial charge is 0.152 e. The molecule has 2 aromatic heterocycles. The van der Waals surface area contributed by atoms with Crippen molar-refractivity contribution in [3.8, 4) is 0 Å². The van der Waals surface area contributed by atoms with Gasteiger partial charge in [0, 0.05) is 47.1 Å². The van der Waals surface area contributed by atoms with Gasteiger partial charge in [0.15, 0.2) is 5.82 Å². The molecule has 1 aliphatic heterocycles. The number of anilines is 2. The Kier molecular flexibility index (Phi) is 2.57. The number of aromatic nitrogens is 4. The van der Waals surface area contributed by atoms with Crippen LogP contribution in [0.5, 0.6) is 0 Å². The van der Waals surface area contributed by atoms with Crippen molar-refractivity contribution in [3.05, 3.63) is 42.2 Å². The second-order valence-electron chi connectivity index (χ2n) is 5.41. The lowest BCUT2D eigenvalue weighted by molar-refractivity contribution is 0.561. The van der Waals surface area contributed by atoms with Crippen molar-refractivity contribution < 1.29 is 0 Å². The molecule has 6 nitrogen and oxygen atoms in total. The lowest BCUT2D eigenvalue weighted by Crippen LogP contribution is -2.33. The predicted molar refractivity (Wildman–Crippen MR) is 82.0 cm³/mol.